The predicted octanol–water partition coefficient (Wildman–Crippen LogP) is 6.29. The standard InChI is InChI=1S/C21H17F2NO2S2/c22-21(23)26-18-7-3-1-5-16(18)9-10-20(25)24-17-6-2-4-8-19(17)28-14-15-11-12-27-13-15/h1-13,21H,14H2,(H,24,25)/b10-9+. The van der Waals surface area contributed by atoms with E-state index in [9.17, 15) is 13.6 Å². The maximum absolute atomic E-state index is 12.5. The lowest BCUT2D eigenvalue weighted by atomic mass is 10.2. The van der Waals surface area contributed by atoms with Crippen LogP contribution >= 0.6 is 23.1 Å². The molecule has 0 fully saturated rings. The van der Waals surface area contributed by atoms with E-state index in [-0.39, 0.29) is 11.7 Å². The molecule has 1 N–H and O–H groups in total. The number of hydrogen-bond acceptors (Lipinski definition) is 4. The van der Waals surface area contributed by atoms with Gasteiger partial charge >= 0.3 is 6.61 Å². The Balaban J connectivity index is 1.66. The van der Waals surface area contributed by atoms with E-state index in [4.69, 9.17) is 0 Å². The fourth-order valence-corrected chi connectivity index (χ4v) is 4.12. The van der Waals surface area contributed by atoms with Gasteiger partial charge in [-0.25, -0.2) is 0 Å². The van der Waals surface area contributed by atoms with Crippen LogP contribution in [0.5, 0.6) is 5.75 Å². The number of anilines is 1. The molecule has 7 heteroatoms. The summed E-state index contributed by atoms with van der Waals surface area (Å²) in [6.45, 7) is -2.92. The van der Waals surface area contributed by atoms with Crippen molar-refractivity contribution in [3.05, 3.63) is 82.6 Å². The summed E-state index contributed by atoms with van der Waals surface area (Å²) in [7, 11) is 0. The maximum atomic E-state index is 12.5. The summed E-state index contributed by atoms with van der Waals surface area (Å²) in [4.78, 5) is 13.3. The van der Waals surface area contributed by atoms with Gasteiger partial charge in [0.1, 0.15) is 5.75 Å². The quantitative estimate of drug-likeness (QED) is 0.346. The van der Waals surface area contributed by atoms with Gasteiger partial charge in [-0.1, -0.05) is 30.3 Å². The third kappa shape index (κ3) is 5.94. The topological polar surface area (TPSA) is 38.3 Å². The van der Waals surface area contributed by atoms with Crippen molar-refractivity contribution >= 4 is 40.8 Å². The normalized spacial score (nSPS) is 11.1. The first kappa shape index (κ1) is 20.1. The molecule has 1 heterocycles. The third-order valence-electron chi connectivity index (χ3n) is 3.67. The second-order valence-corrected chi connectivity index (χ2v) is 7.45. The van der Waals surface area contributed by atoms with Crippen molar-refractivity contribution in [3.63, 3.8) is 0 Å². The summed E-state index contributed by atoms with van der Waals surface area (Å²) in [5.41, 5.74) is 2.33. The molecule has 1 aromatic heterocycles. The maximum Gasteiger partial charge on any atom is 0.387 e. The van der Waals surface area contributed by atoms with E-state index in [1.54, 1.807) is 41.3 Å². The van der Waals surface area contributed by atoms with Gasteiger partial charge in [0.2, 0.25) is 5.91 Å². The lowest BCUT2D eigenvalue weighted by molar-refractivity contribution is -0.111. The molecular weight excluding hydrogens is 400 g/mol. The van der Waals surface area contributed by atoms with Gasteiger partial charge in [0.25, 0.3) is 0 Å². The number of alkyl halides is 2. The van der Waals surface area contributed by atoms with Crippen LogP contribution in [-0.4, -0.2) is 12.5 Å². The van der Waals surface area contributed by atoms with E-state index in [1.807, 2.05) is 29.6 Å². The number of carbonyl (C=O) groups is 1. The molecule has 0 spiro atoms. The summed E-state index contributed by atoms with van der Waals surface area (Å²) in [5.74, 6) is 0.480. The van der Waals surface area contributed by atoms with Gasteiger partial charge in [0.05, 0.1) is 5.69 Å². The highest BCUT2D eigenvalue weighted by Crippen LogP contribution is 2.30. The molecule has 0 saturated carbocycles. The minimum Gasteiger partial charge on any atom is -0.434 e. The Morgan fingerprint density at radius 1 is 1.14 bits per heavy atom. The monoisotopic (exact) mass is 417 g/mol. The Hall–Kier alpha value is -2.64. The lowest BCUT2D eigenvalue weighted by Crippen LogP contribution is -2.08. The van der Waals surface area contributed by atoms with Crippen LogP contribution in [0.2, 0.25) is 0 Å². The zero-order valence-corrected chi connectivity index (χ0v) is 16.3. The van der Waals surface area contributed by atoms with Gasteiger partial charge in [-0.3, -0.25) is 4.79 Å². The molecular formula is C21H17F2NO2S2. The molecule has 0 radical (unpaired) electrons. The predicted molar refractivity (Wildman–Crippen MR) is 111 cm³/mol. The van der Waals surface area contributed by atoms with Crippen LogP contribution < -0.4 is 10.1 Å². The molecule has 3 rings (SSSR count). The van der Waals surface area contributed by atoms with Crippen LogP contribution in [0.25, 0.3) is 6.08 Å². The molecule has 0 aliphatic carbocycles. The molecule has 0 aliphatic rings. The van der Waals surface area contributed by atoms with E-state index < -0.39 is 6.61 Å². The molecule has 3 aromatic rings. The summed E-state index contributed by atoms with van der Waals surface area (Å²) in [6, 6.07) is 15.9. The number of nitrogens with one attached hydrogen (secondary N) is 1. The van der Waals surface area contributed by atoms with Gasteiger partial charge in [0, 0.05) is 22.3 Å². The highest BCUT2D eigenvalue weighted by molar-refractivity contribution is 7.98. The van der Waals surface area contributed by atoms with Crippen LogP contribution in [-0.2, 0) is 10.5 Å². The number of carbonyl (C=O) groups excluding carboxylic acids is 1. The number of benzene rings is 2. The Morgan fingerprint density at radius 2 is 1.93 bits per heavy atom. The number of thioether (sulfide) groups is 1. The third-order valence-corrected chi connectivity index (χ3v) is 5.55. The molecule has 0 saturated heterocycles. The van der Waals surface area contributed by atoms with E-state index in [1.165, 1.54) is 23.8 Å². The summed E-state index contributed by atoms with van der Waals surface area (Å²) in [6.07, 6.45) is 2.75. The van der Waals surface area contributed by atoms with Crippen molar-refractivity contribution in [3.8, 4) is 5.75 Å². The molecule has 1 amide bonds. The van der Waals surface area contributed by atoms with Crippen LogP contribution in [0, 0.1) is 0 Å². The van der Waals surface area contributed by atoms with E-state index in [2.05, 4.69) is 21.5 Å². The molecule has 0 atom stereocenters. The second-order valence-electron chi connectivity index (χ2n) is 5.66. The molecule has 3 nitrogen and oxygen atoms in total. The first-order chi connectivity index (χ1) is 13.6. The van der Waals surface area contributed by atoms with Crippen LogP contribution in [0.4, 0.5) is 14.5 Å². The van der Waals surface area contributed by atoms with E-state index in [0.29, 0.717) is 11.3 Å². The average molecular weight is 418 g/mol. The van der Waals surface area contributed by atoms with E-state index in [0.717, 1.165) is 10.6 Å². The van der Waals surface area contributed by atoms with Crippen molar-refractivity contribution in [1.82, 2.24) is 0 Å². The number of halogens is 2. The first-order valence-corrected chi connectivity index (χ1v) is 10.3. The van der Waals surface area contributed by atoms with Crippen LogP contribution in [0.15, 0.2) is 76.3 Å². The molecule has 28 heavy (non-hydrogen) atoms. The Bertz CT molecular complexity index is 943. The smallest absolute Gasteiger partial charge is 0.387 e. The zero-order valence-electron chi connectivity index (χ0n) is 14.7. The van der Waals surface area contributed by atoms with Gasteiger partial charge in [0.15, 0.2) is 0 Å². The second kappa shape index (κ2) is 10.1. The average Bonchev–Trinajstić information content (AvgIpc) is 3.20. The number of amides is 1. The van der Waals surface area contributed by atoms with Crippen molar-refractivity contribution < 1.29 is 18.3 Å². The number of para-hydroxylation sites is 2. The van der Waals surface area contributed by atoms with Gasteiger partial charge in [-0.05, 0) is 46.7 Å². The molecule has 0 aliphatic heterocycles. The molecule has 2 aromatic carbocycles. The fourth-order valence-electron chi connectivity index (χ4n) is 2.39. The van der Waals surface area contributed by atoms with Gasteiger partial charge in [-0.15, -0.1) is 11.8 Å². The zero-order chi connectivity index (χ0) is 19.8. The van der Waals surface area contributed by atoms with Gasteiger partial charge < -0.3 is 10.1 Å². The molecule has 144 valence electrons. The number of hydrogen-bond donors (Lipinski definition) is 1. The first-order valence-electron chi connectivity index (χ1n) is 8.37. The highest BCUT2D eigenvalue weighted by Gasteiger charge is 2.09. The Kier molecular flexibility index (Phi) is 7.22. The number of thiophene rings is 1. The Labute approximate surface area is 170 Å². The SMILES string of the molecule is O=C(/C=C/c1ccccc1OC(F)F)Nc1ccccc1SCc1ccsc1. The van der Waals surface area contributed by atoms with Crippen LogP contribution in [0.1, 0.15) is 11.1 Å². The molecule has 0 bridgehead atoms. The summed E-state index contributed by atoms with van der Waals surface area (Å²) >= 11 is 3.28. The summed E-state index contributed by atoms with van der Waals surface area (Å²) in [5, 5.41) is 6.96. The highest BCUT2D eigenvalue weighted by atomic mass is 32.2. The Morgan fingerprint density at radius 3 is 2.71 bits per heavy atom. The summed E-state index contributed by atoms with van der Waals surface area (Å²) < 4.78 is 29.4. The fraction of sp³-hybridized carbons (Fsp3) is 0.0952. The number of ether oxygens (including phenoxy) is 1. The number of rotatable bonds is 8. The van der Waals surface area contributed by atoms with Crippen molar-refractivity contribution in [2.24, 2.45) is 0 Å². The minimum absolute atomic E-state index is 0.0215. The lowest BCUT2D eigenvalue weighted by Gasteiger charge is -2.09. The minimum atomic E-state index is -2.92. The van der Waals surface area contributed by atoms with Crippen molar-refractivity contribution in [2.45, 2.75) is 17.3 Å². The van der Waals surface area contributed by atoms with Gasteiger partial charge in [-0.2, -0.15) is 20.1 Å². The van der Waals surface area contributed by atoms with Crippen molar-refractivity contribution in [1.29, 1.82) is 0 Å². The van der Waals surface area contributed by atoms with Crippen molar-refractivity contribution in [2.75, 3.05) is 5.32 Å². The van der Waals surface area contributed by atoms with E-state index >= 15 is 0 Å². The molecule has 0 unspecified atom stereocenters. The largest absolute Gasteiger partial charge is 0.434 e. The van der Waals surface area contributed by atoms with Crippen LogP contribution in [0.3, 0.4) is 0 Å².